The average Bonchev–Trinajstić information content (AvgIpc) is 2.47. The molecule has 0 amide bonds. The third kappa shape index (κ3) is 1.55. The van der Waals surface area contributed by atoms with E-state index >= 15 is 0 Å². The molecule has 3 nitrogen and oxygen atoms in total. The highest BCUT2D eigenvalue weighted by atomic mass is 32.2. The molecule has 2 rings (SSSR count). The molecule has 0 aromatic heterocycles. The standard InChI is InChI=1S/C8H9BO3S/c10-9(11)7-1-2-8-6(5-7)3-4-13(8)12/h1-2,5,10-11H,3-4H2. The summed E-state index contributed by atoms with van der Waals surface area (Å²) in [6, 6.07) is 5.03. The van der Waals surface area contributed by atoms with Gasteiger partial charge in [-0.15, -0.1) is 0 Å². The molecular formula is C8H9BO3S. The molecule has 0 saturated heterocycles. The van der Waals surface area contributed by atoms with Crippen LogP contribution in [0.25, 0.3) is 0 Å². The molecule has 1 aromatic rings. The molecule has 1 unspecified atom stereocenters. The third-order valence-corrected chi connectivity index (χ3v) is 3.65. The fraction of sp³-hybridized carbons (Fsp3) is 0.250. The zero-order valence-corrected chi connectivity index (χ0v) is 7.75. The number of fused-ring (bicyclic) bond motifs is 1. The highest BCUT2D eigenvalue weighted by molar-refractivity contribution is 7.85. The Morgan fingerprint density at radius 1 is 1.38 bits per heavy atom. The van der Waals surface area contributed by atoms with Gasteiger partial charge in [-0.1, -0.05) is 12.1 Å². The zero-order chi connectivity index (χ0) is 9.42. The molecule has 0 spiro atoms. The highest BCUT2D eigenvalue weighted by Crippen LogP contribution is 2.20. The average molecular weight is 196 g/mol. The summed E-state index contributed by atoms with van der Waals surface area (Å²) in [7, 11) is -2.31. The Bertz CT molecular complexity index is 364. The van der Waals surface area contributed by atoms with Gasteiger partial charge in [-0.25, -0.2) is 0 Å². The van der Waals surface area contributed by atoms with Crippen molar-refractivity contribution in [3.8, 4) is 0 Å². The Hall–Kier alpha value is -0.645. The van der Waals surface area contributed by atoms with Gasteiger partial charge in [0.2, 0.25) is 0 Å². The molecule has 0 fully saturated rings. The van der Waals surface area contributed by atoms with Gasteiger partial charge in [0.1, 0.15) is 0 Å². The smallest absolute Gasteiger partial charge is 0.423 e. The minimum Gasteiger partial charge on any atom is -0.423 e. The van der Waals surface area contributed by atoms with Crippen molar-refractivity contribution in [2.75, 3.05) is 5.75 Å². The Kier molecular flexibility index (Phi) is 2.23. The molecule has 0 radical (unpaired) electrons. The van der Waals surface area contributed by atoms with Crippen LogP contribution in [0.5, 0.6) is 0 Å². The van der Waals surface area contributed by atoms with Crippen LogP contribution < -0.4 is 5.46 Å². The number of hydrogen-bond donors (Lipinski definition) is 2. The second-order valence-corrected chi connectivity index (χ2v) is 4.58. The van der Waals surface area contributed by atoms with Gasteiger partial charge in [-0.3, -0.25) is 4.21 Å². The van der Waals surface area contributed by atoms with E-state index in [-0.39, 0.29) is 0 Å². The van der Waals surface area contributed by atoms with Gasteiger partial charge in [0.15, 0.2) is 0 Å². The van der Waals surface area contributed by atoms with Crippen LogP contribution in [0.2, 0.25) is 0 Å². The summed E-state index contributed by atoms with van der Waals surface area (Å²) in [5.74, 6) is 0.653. The molecular weight excluding hydrogens is 187 g/mol. The van der Waals surface area contributed by atoms with Crippen LogP contribution in [0.4, 0.5) is 0 Å². The van der Waals surface area contributed by atoms with Crippen LogP contribution in [0.3, 0.4) is 0 Å². The first kappa shape index (κ1) is 8.93. The maximum absolute atomic E-state index is 11.3. The van der Waals surface area contributed by atoms with Gasteiger partial charge in [0, 0.05) is 10.6 Å². The first-order chi connectivity index (χ1) is 6.18. The van der Waals surface area contributed by atoms with Gasteiger partial charge < -0.3 is 10.0 Å². The molecule has 2 N–H and O–H groups in total. The van der Waals surface area contributed by atoms with Crippen LogP contribution in [-0.2, 0) is 17.2 Å². The first-order valence-corrected chi connectivity index (χ1v) is 5.38. The second kappa shape index (κ2) is 3.25. The first-order valence-electron chi connectivity index (χ1n) is 4.06. The van der Waals surface area contributed by atoms with E-state index in [1.807, 2.05) is 0 Å². The molecule has 1 atom stereocenters. The summed E-state index contributed by atoms with van der Waals surface area (Å²) < 4.78 is 11.3. The summed E-state index contributed by atoms with van der Waals surface area (Å²) in [6.07, 6.45) is 0.766. The monoisotopic (exact) mass is 196 g/mol. The van der Waals surface area contributed by atoms with Gasteiger partial charge in [0.25, 0.3) is 0 Å². The molecule has 13 heavy (non-hydrogen) atoms. The van der Waals surface area contributed by atoms with Crippen molar-refractivity contribution in [3.05, 3.63) is 23.8 Å². The van der Waals surface area contributed by atoms with E-state index in [1.54, 1.807) is 18.2 Å². The summed E-state index contributed by atoms with van der Waals surface area (Å²) in [5.41, 5.74) is 1.45. The molecule has 0 saturated carbocycles. The molecule has 1 aromatic carbocycles. The molecule has 1 heterocycles. The number of benzene rings is 1. The van der Waals surface area contributed by atoms with Crippen molar-refractivity contribution >= 4 is 23.4 Å². The minimum atomic E-state index is -1.43. The molecule has 68 valence electrons. The van der Waals surface area contributed by atoms with Crippen molar-refractivity contribution in [2.45, 2.75) is 11.3 Å². The fourth-order valence-electron chi connectivity index (χ4n) is 1.49. The summed E-state index contributed by atoms with van der Waals surface area (Å²) in [4.78, 5) is 0.837. The number of rotatable bonds is 1. The van der Waals surface area contributed by atoms with Gasteiger partial charge >= 0.3 is 7.12 Å². The summed E-state index contributed by atoms with van der Waals surface area (Å²) in [6.45, 7) is 0. The van der Waals surface area contributed by atoms with E-state index < -0.39 is 17.9 Å². The van der Waals surface area contributed by atoms with E-state index in [9.17, 15) is 4.21 Å². The van der Waals surface area contributed by atoms with Crippen molar-refractivity contribution < 1.29 is 14.3 Å². The van der Waals surface area contributed by atoms with Crippen LogP contribution in [0.15, 0.2) is 23.1 Å². The van der Waals surface area contributed by atoms with Crippen molar-refractivity contribution in [1.82, 2.24) is 0 Å². The lowest BCUT2D eigenvalue weighted by atomic mass is 9.79. The quantitative estimate of drug-likeness (QED) is 0.568. The molecule has 5 heteroatoms. The third-order valence-electron chi connectivity index (χ3n) is 2.18. The SMILES string of the molecule is O=S1CCc2cc(B(O)O)ccc21. The van der Waals surface area contributed by atoms with Gasteiger partial charge in [-0.2, -0.15) is 0 Å². The number of hydrogen-bond acceptors (Lipinski definition) is 3. The predicted molar refractivity (Wildman–Crippen MR) is 51.2 cm³/mol. The predicted octanol–water partition coefficient (Wildman–Crippen LogP) is -0.970. The maximum Gasteiger partial charge on any atom is 0.488 e. The van der Waals surface area contributed by atoms with Gasteiger partial charge in [0.05, 0.1) is 10.8 Å². The summed E-state index contributed by atoms with van der Waals surface area (Å²) >= 11 is 0. The molecule has 0 aliphatic carbocycles. The van der Waals surface area contributed by atoms with Gasteiger partial charge in [-0.05, 0) is 23.5 Å². The summed E-state index contributed by atoms with van der Waals surface area (Å²) in [5, 5.41) is 17.8. The van der Waals surface area contributed by atoms with Crippen LogP contribution in [0, 0.1) is 0 Å². The minimum absolute atomic E-state index is 0.470. The van der Waals surface area contributed by atoms with E-state index in [1.165, 1.54) is 0 Å². The van der Waals surface area contributed by atoms with E-state index in [0.717, 1.165) is 16.9 Å². The van der Waals surface area contributed by atoms with Crippen LogP contribution in [-0.4, -0.2) is 27.1 Å². The molecule has 1 aliphatic heterocycles. The van der Waals surface area contributed by atoms with E-state index in [0.29, 0.717) is 11.2 Å². The Morgan fingerprint density at radius 3 is 2.85 bits per heavy atom. The maximum atomic E-state index is 11.3. The Labute approximate surface area is 79.0 Å². The molecule has 0 bridgehead atoms. The van der Waals surface area contributed by atoms with Crippen molar-refractivity contribution in [1.29, 1.82) is 0 Å². The van der Waals surface area contributed by atoms with E-state index in [2.05, 4.69) is 0 Å². The normalized spacial score (nSPS) is 20.0. The van der Waals surface area contributed by atoms with Crippen molar-refractivity contribution in [3.63, 3.8) is 0 Å². The lowest BCUT2D eigenvalue weighted by molar-refractivity contribution is 0.425. The highest BCUT2D eigenvalue weighted by Gasteiger charge is 2.20. The second-order valence-electron chi connectivity index (χ2n) is 3.04. The van der Waals surface area contributed by atoms with Crippen LogP contribution >= 0.6 is 0 Å². The number of aryl methyl sites for hydroxylation is 1. The molecule has 1 aliphatic rings. The zero-order valence-electron chi connectivity index (χ0n) is 6.93. The fourth-order valence-corrected chi connectivity index (χ4v) is 2.79. The lowest BCUT2D eigenvalue weighted by Crippen LogP contribution is -2.29. The Balaban J connectivity index is 2.45. The van der Waals surface area contributed by atoms with E-state index in [4.69, 9.17) is 10.0 Å². The largest absolute Gasteiger partial charge is 0.488 e. The lowest BCUT2D eigenvalue weighted by Gasteiger charge is -2.01. The topological polar surface area (TPSA) is 57.5 Å². The Morgan fingerprint density at radius 2 is 2.15 bits per heavy atom. The van der Waals surface area contributed by atoms with Crippen LogP contribution in [0.1, 0.15) is 5.56 Å². The van der Waals surface area contributed by atoms with Crippen molar-refractivity contribution in [2.24, 2.45) is 0 Å².